The van der Waals surface area contributed by atoms with Gasteiger partial charge in [0.1, 0.15) is 0 Å². The van der Waals surface area contributed by atoms with E-state index in [1.54, 1.807) is 6.07 Å². The van der Waals surface area contributed by atoms with Gasteiger partial charge in [0.15, 0.2) is 14.9 Å². The molecule has 0 atom stereocenters. The molecule has 0 amide bonds. The number of aromatic nitrogens is 1. The van der Waals surface area contributed by atoms with Crippen LogP contribution < -0.4 is 0 Å². The molecule has 0 spiro atoms. The van der Waals surface area contributed by atoms with Crippen molar-refractivity contribution in [3.8, 4) is 0 Å². The van der Waals surface area contributed by atoms with Crippen molar-refractivity contribution >= 4 is 53.3 Å². The van der Waals surface area contributed by atoms with Gasteiger partial charge in [0.05, 0.1) is 10.2 Å². The molecule has 1 aromatic rings. The fraction of sp³-hybridized carbons (Fsp3) is 0.286. The average Bonchev–Trinajstić information content (AvgIpc) is 2.02. The van der Waals surface area contributed by atoms with E-state index < -0.39 is 9.84 Å². The molecule has 1 rings (SSSR count). The highest BCUT2D eigenvalue weighted by atomic mass is 79.9. The van der Waals surface area contributed by atoms with Gasteiger partial charge >= 0.3 is 0 Å². The predicted octanol–water partition coefficient (Wildman–Crippen LogP) is 2.62. The molecule has 0 saturated heterocycles. The maximum absolute atomic E-state index is 11.6. The first-order valence-corrected chi connectivity index (χ1v) is 7.34. The zero-order valence-corrected chi connectivity index (χ0v) is 11.6. The first kappa shape index (κ1) is 12.4. The second-order valence-electron chi connectivity index (χ2n) is 2.45. The SMILES string of the molecule is O=S(=O)(CCCl)c1ncc(Br)cc1Br. The van der Waals surface area contributed by atoms with Gasteiger partial charge in [-0.2, -0.15) is 0 Å². The highest BCUT2D eigenvalue weighted by Crippen LogP contribution is 2.23. The van der Waals surface area contributed by atoms with Crippen LogP contribution in [-0.2, 0) is 9.84 Å². The maximum atomic E-state index is 11.6. The minimum atomic E-state index is -3.37. The minimum Gasteiger partial charge on any atom is -0.242 e. The summed E-state index contributed by atoms with van der Waals surface area (Å²) in [6.45, 7) is 0. The normalized spacial score (nSPS) is 11.6. The molecule has 0 aromatic carbocycles. The predicted molar refractivity (Wildman–Crippen MR) is 62.4 cm³/mol. The van der Waals surface area contributed by atoms with Gasteiger partial charge in [-0.25, -0.2) is 13.4 Å². The zero-order valence-electron chi connectivity index (χ0n) is 6.87. The van der Waals surface area contributed by atoms with Crippen LogP contribution in [0.3, 0.4) is 0 Å². The van der Waals surface area contributed by atoms with E-state index in [-0.39, 0.29) is 16.7 Å². The molecule has 0 bridgehead atoms. The standard InChI is InChI=1S/C7H6Br2ClNO2S/c8-5-3-6(9)7(11-4-5)14(12,13)2-1-10/h3-4H,1-2H2. The molecule has 0 N–H and O–H groups in total. The number of hydrogen-bond acceptors (Lipinski definition) is 3. The van der Waals surface area contributed by atoms with Crippen LogP contribution >= 0.6 is 43.5 Å². The Morgan fingerprint density at radius 3 is 2.57 bits per heavy atom. The number of pyridine rings is 1. The van der Waals surface area contributed by atoms with Crippen molar-refractivity contribution in [1.82, 2.24) is 4.98 Å². The van der Waals surface area contributed by atoms with Crippen LogP contribution in [-0.4, -0.2) is 25.0 Å². The summed E-state index contributed by atoms with van der Waals surface area (Å²) in [5.74, 6) is -0.0473. The molecule has 78 valence electrons. The summed E-state index contributed by atoms with van der Waals surface area (Å²) < 4.78 is 24.3. The van der Waals surface area contributed by atoms with Crippen molar-refractivity contribution in [2.75, 3.05) is 11.6 Å². The molecular formula is C7H6Br2ClNO2S. The lowest BCUT2D eigenvalue weighted by Gasteiger charge is -2.03. The number of nitrogens with zero attached hydrogens (tertiary/aromatic N) is 1. The molecule has 0 radical (unpaired) electrons. The Balaban J connectivity index is 3.20. The first-order chi connectivity index (χ1) is 6.47. The Morgan fingerprint density at radius 1 is 1.43 bits per heavy atom. The van der Waals surface area contributed by atoms with E-state index in [1.807, 2.05) is 0 Å². The van der Waals surface area contributed by atoms with Crippen molar-refractivity contribution < 1.29 is 8.42 Å². The third-order valence-electron chi connectivity index (χ3n) is 1.41. The Labute approximate surface area is 104 Å². The van der Waals surface area contributed by atoms with Crippen molar-refractivity contribution in [2.24, 2.45) is 0 Å². The lowest BCUT2D eigenvalue weighted by Crippen LogP contribution is -2.10. The Bertz CT molecular complexity index is 435. The molecule has 14 heavy (non-hydrogen) atoms. The van der Waals surface area contributed by atoms with Gasteiger partial charge < -0.3 is 0 Å². The van der Waals surface area contributed by atoms with Crippen LogP contribution in [0.1, 0.15) is 0 Å². The number of rotatable bonds is 3. The second kappa shape index (κ2) is 4.92. The molecule has 0 saturated carbocycles. The number of sulfone groups is 1. The summed E-state index contributed by atoms with van der Waals surface area (Å²) in [7, 11) is -3.37. The third kappa shape index (κ3) is 2.92. The molecule has 0 aliphatic heterocycles. The van der Waals surface area contributed by atoms with E-state index in [1.165, 1.54) is 6.20 Å². The van der Waals surface area contributed by atoms with E-state index >= 15 is 0 Å². The van der Waals surface area contributed by atoms with Crippen molar-refractivity contribution in [3.05, 3.63) is 21.2 Å². The molecule has 0 aliphatic carbocycles. The van der Waals surface area contributed by atoms with E-state index in [4.69, 9.17) is 11.6 Å². The molecule has 7 heteroatoms. The Kier molecular flexibility index (Phi) is 4.36. The van der Waals surface area contributed by atoms with Gasteiger partial charge in [-0.05, 0) is 37.9 Å². The lowest BCUT2D eigenvalue weighted by molar-refractivity contribution is 0.593. The quantitative estimate of drug-likeness (QED) is 0.776. The Morgan fingerprint density at radius 2 is 2.07 bits per heavy atom. The van der Waals surface area contributed by atoms with E-state index in [2.05, 4.69) is 36.8 Å². The number of halogens is 3. The topological polar surface area (TPSA) is 47.0 Å². The van der Waals surface area contributed by atoms with Gasteiger partial charge in [0.2, 0.25) is 0 Å². The molecule has 0 aliphatic rings. The highest BCUT2D eigenvalue weighted by molar-refractivity contribution is 9.11. The summed E-state index contributed by atoms with van der Waals surface area (Å²) in [5, 5.41) is 0.0290. The van der Waals surface area contributed by atoms with E-state index in [0.717, 1.165) is 0 Å². The summed E-state index contributed by atoms with van der Waals surface area (Å²) in [6.07, 6.45) is 1.44. The number of alkyl halides is 1. The number of hydrogen-bond donors (Lipinski definition) is 0. The molecule has 1 heterocycles. The van der Waals surface area contributed by atoms with Crippen molar-refractivity contribution in [1.29, 1.82) is 0 Å². The maximum Gasteiger partial charge on any atom is 0.197 e. The van der Waals surface area contributed by atoms with Gasteiger partial charge in [0.25, 0.3) is 0 Å². The monoisotopic (exact) mass is 361 g/mol. The molecule has 1 aromatic heterocycles. The van der Waals surface area contributed by atoms with Crippen LogP contribution in [0.4, 0.5) is 0 Å². The van der Waals surface area contributed by atoms with Gasteiger partial charge in [-0.15, -0.1) is 11.6 Å². The molecular weight excluding hydrogens is 357 g/mol. The average molecular weight is 363 g/mol. The third-order valence-corrected chi connectivity index (χ3v) is 4.78. The summed E-state index contributed by atoms with van der Waals surface area (Å²) >= 11 is 11.7. The van der Waals surface area contributed by atoms with E-state index in [0.29, 0.717) is 8.95 Å². The van der Waals surface area contributed by atoms with Crippen LogP contribution in [0.25, 0.3) is 0 Å². The van der Waals surface area contributed by atoms with Crippen LogP contribution in [0, 0.1) is 0 Å². The van der Waals surface area contributed by atoms with Gasteiger partial charge in [0, 0.05) is 16.5 Å². The van der Waals surface area contributed by atoms with Gasteiger partial charge in [-0.1, -0.05) is 0 Å². The summed E-state index contributed by atoms with van der Waals surface area (Å²) in [4.78, 5) is 3.83. The second-order valence-corrected chi connectivity index (χ2v) is 6.62. The van der Waals surface area contributed by atoms with Crippen LogP contribution in [0.5, 0.6) is 0 Å². The zero-order chi connectivity index (χ0) is 10.8. The van der Waals surface area contributed by atoms with Crippen molar-refractivity contribution in [3.63, 3.8) is 0 Å². The van der Waals surface area contributed by atoms with Gasteiger partial charge in [-0.3, -0.25) is 0 Å². The summed E-state index contributed by atoms with van der Waals surface area (Å²) in [5.41, 5.74) is 0. The smallest absolute Gasteiger partial charge is 0.197 e. The van der Waals surface area contributed by atoms with Crippen molar-refractivity contribution in [2.45, 2.75) is 5.03 Å². The molecule has 3 nitrogen and oxygen atoms in total. The summed E-state index contributed by atoms with van der Waals surface area (Å²) in [6, 6.07) is 1.63. The minimum absolute atomic E-state index is 0.0290. The van der Waals surface area contributed by atoms with Crippen LogP contribution in [0.15, 0.2) is 26.2 Å². The fourth-order valence-corrected chi connectivity index (χ4v) is 4.13. The highest BCUT2D eigenvalue weighted by Gasteiger charge is 2.18. The Hall–Kier alpha value is 0.350. The fourth-order valence-electron chi connectivity index (χ4n) is 0.829. The largest absolute Gasteiger partial charge is 0.242 e. The van der Waals surface area contributed by atoms with Crippen LogP contribution in [0.2, 0.25) is 0 Å². The lowest BCUT2D eigenvalue weighted by atomic mass is 10.5. The van der Waals surface area contributed by atoms with E-state index in [9.17, 15) is 8.42 Å². The molecule has 0 unspecified atom stereocenters. The molecule has 0 fully saturated rings. The first-order valence-electron chi connectivity index (χ1n) is 3.57.